The molecule has 3 heteroatoms. The van der Waals surface area contributed by atoms with E-state index in [2.05, 4.69) is 11.8 Å². The largest absolute Gasteiger partial charge is 0.396 e. The van der Waals surface area contributed by atoms with E-state index in [0.29, 0.717) is 24.1 Å². The number of rotatable bonds is 2. The van der Waals surface area contributed by atoms with Crippen molar-refractivity contribution in [2.24, 2.45) is 11.7 Å². The lowest BCUT2D eigenvalue weighted by Crippen LogP contribution is -2.59. The highest BCUT2D eigenvalue weighted by Crippen LogP contribution is 2.42. The molecule has 2 fully saturated rings. The molecule has 3 nitrogen and oxygen atoms in total. The summed E-state index contributed by atoms with van der Waals surface area (Å²) in [5.41, 5.74) is 6.26. The number of piperidine rings is 1. The molecule has 0 atom stereocenters. The van der Waals surface area contributed by atoms with Crippen molar-refractivity contribution >= 4 is 0 Å². The van der Waals surface area contributed by atoms with Crippen LogP contribution in [0.2, 0.25) is 0 Å². The van der Waals surface area contributed by atoms with Crippen molar-refractivity contribution in [3.63, 3.8) is 0 Å². The van der Waals surface area contributed by atoms with Crippen LogP contribution in [-0.2, 0) is 0 Å². The van der Waals surface area contributed by atoms with Gasteiger partial charge in [0.1, 0.15) is 0 Å². The van der Waals surface area contributed by atoms with Gasteiger partial charge in [-0.25, -0.2) is 0 Å². The molecule has 0 aromatic rings. The highest BCUT2D eigenvalue weighted by molar-refractivity contribution is 5.00. The summed E-state index contributed by atoms with van der Waals surface area (Å²) in [7, 11) is 0. The first-order valence-corrected chi connectivity index (χ1v) is 6.75. The number of aliphatic hydroxyl groups is 1. The highest BCUT2D eigenvalue weighted by atomic mass is 16.3. The van der Waals surface area contributed by atoms with Gasteiger partial charge in [-0.15, -0.1) is 0 Å². The molecule has 0 bridgehead atoms. The summed E-state index contributed by atoms with van der Waals surface area (Å²) in [6, 6.07) is 0.420. The quantitative estimate of drug-likeness (QED) is 0.755. The van der Waals surface area contributed by atoms with E-state index in [-0.39, 0.29) is 0 Å². The monoisotopic (exact) mass is 228 g/mol. The third-order valence-electron chi connectivity index (χ3n) is 4.02. The smallest absolute Gasteiger partial charge is 0.0460 e. The number of likely N-dealkylation sites (tertiary alicyclic amines) is 1. The highest BCUT2D eigenvalue weighted by Gasteiger charge is 2.44. The molecule has 1 aliphatic carbocycles. The molecular weight excluding hydrogens is 200 g/mol. The Morgan fingerprint density at radius 1 is 1.25 bits per heavy atom. The second-order valence-corrected chi connectivity index (χ2v) is 5.28. The number of hydrogen-bond acceptors (Lipinski definition) is 3. The van der Waals surface area contributed by atoms with Crippen LogP contribution in [0.3, 0.4) is 0 Å². The van der Waals surface area contributed by atoms with Crippen LogP contribution in [0.25, 0.3) is 0 Å². The zero-order chi connectivity index (χ0) is 12.2. The van der Waals surface area contributed by atoms with E-state index >= 15 is 0 Å². The van der Waals surface area contributed by atoms with Crippen LogP contribution in [-0.4, -0.2) is 41.3 Å². The fourth-order valence-electron chi connectivity index (χ4n) is 3.01. The van der Waals surface area contributed by atoms with Crippen molar-refractivity contribution < 1.29 is 5.11 Å². The number of nitrogens with two attached hydrogens (primary N) is 1. The molecule has 0 aromatic heterocycles. The van der Waals surface area contributed by atoms with E-state index in [1.165, 1.54) is 12.8 Å². The molecule has 0 unspecified atom stereocenters. The van der Waals surface area contributed by atoms with E-state index in [1.54, 1.807) is 0 Å². The average Bonchev–Trinajstić information content (AvgIpc) is 2.28. The lowest BCUT2D eigenvalue weighted by molar-refractivity contribution is -0.0417. The van der Waals surface area contributed by atoms with Gasteiger partial charge in [-0.1, -0.05) is 13.8 Å². The van der Waals surface area contributed by atoms with Gasteiger partial charge in [-0.2, -0.15) is 0 Å². The molecule has 1 aliphatic heterocycles. The maximum absolute atomic E-state index is 9.02. The Labute approximate surface area is 100 Å². The molecule has 2 rings (SSSR count). The molecule has 3 N–H and O–H groups in total. The Hall–Kier alpha value is -0.120. The molecule has 0 spiro atoms. The lowest BCUT2D eigenvalue weighted by atomic mass is 9.68. The normalized spacial score (nSPS) is 36.2. The van der Waals surface area contributed by atoms with Crippen molar-refractivity contribution in [2.75, 3.05) is 19.7 Å². The molecule has 96 valence electrons. The fourth-order valence-corrected chi connectivity index (χ4v) is 3.01. The summed E-state index contributed by atoms with van der Waals surface area (Å²) in [5, 5.41) is 9.02. The predicted octanol–water partition coefficient (Wildman–Crippen LogP) is 1.60. The van der Waals surface area contributed by atoms with Gasteiger partial charge in [-0.3, -0.25) is 4.90 Å². The van der Waals surface area contributed by atoms with E-state index in [4.69, 9.17) is 10.8 Å². The van der Waals surface area contributed by atoms with E-state index in [9.17, 15) is 0 Å². The number of aliphatic hydroxyl groups excluding tert-OH is 1. The maximum atomic E-state index is 9.02. The third kappa shape index (κ3) is 2.96. The first-order valence-electron chi connectivity index (χ1n) is 6.75. The van der Waals surface area contributed by atoms with Crippen molar-refractivity contribution in [1.82, 2.24) is 4.90 Å². The molecule has 1 saturated heterocycles. The van der Waals surface area contributed by atoms with E-state index in [1.807, 2.05) is 13.8 Å². The van der Waals surface area contributed by atoms with Crippen LogP contribution in [0, 0.1) is 5.92 Å². The molecule has 1 heterocycles. The van der Waals surface area contributed by atoms with Crippen molar-refractivity contribution in [2.45, 2.75) is 58.0 Å². The average molecular weight is 228 g/mol. The minimum atomic E-state index is 0.364. The van der Waals surface area contributed by atoms with E-state index < -0.39 is 0 Å². The van der Waals surface area contributed by atoms with Gasteiger partial charge in [-0.05, 0) is 38.5 Å². The zero-order valence-corrected chi connectivity index (χ0v) is 11.1. The van der Waals surface area contributed by atoms with Crippen LogP contribution >= 0.6 is 0 Å². The zero-order valence-electron chi connectivity index (χ0n) is 11.1. The molecule has 0 aromatic carbocycles. The van der Waals surface area contributed by atoms with E-state index in [0.717, 1.165) is 25.9 Å². The second-order valence-electron chi connectivity index (χ2n) is 5.28. The summed E-state index contributed by atoms with van der Waals surface area (Å²) in [6.45, 7) is 8.99. The van der Waals surface area contributed by atoms with Gasteiger partial charge in [0.05, 0.1) is 0 Å². The molecular formula is C13H28N2O. The van der Waals surface area contributed by atoms with Crippen molar-refractivity contribution in [3.05, 3.63) is 0 Å². The SMILES string of the molecule is CC.CC1(N2CCC(N)CC2)CC(CO)C1. The third-order valence-corrected chi connectivity index (χ3v) is 4.02. The minimum Gasteiger partial charge on any atom is -0.396 e. The number of nitrogens with zero attached hydrogens (tertiary/aromatic N) is 1. The van der Waals surface area contributed by atoms with Gasteiger partial charge in [0.25, 0.3) is 0 Å². The van der Waals surface area contributed by atoms with Crippen LogP contribution in [0.5, 0.6) is 0 Å². The topological polar surface area (TPSA) is 49.5 Å². The Kier molecular flexibility index (Phi) is 5.22. The van der Waals surface area contributed by atoms with Crippen LogP contribution in [0.15, 0.2) is 0 Å². The molecule has 0 amide bonds. The van der Waals surface area contributed by atoms with Crippen LogP contribution < -0.4 is 5.73 Å². The molecule has 2 aliphatic rings. The second kappa shape index (κ2) is 5.99. The summed E-state index contributed by atoms with van der Waals surface area (Å²) in [4.78, 5) is 2.57. The predicted molar refractivity (Wildman–Crippen MR) is 68.3 cm³/mol. The Balaban J connectivity index is 0.000000606. The fraction of sp³-hybridized carbons (Fsp3) is 1.00. The standard InChI is InChI=1S/C11H22N2O.C2H6/c1-11(6-9(7-11)8-14)13-4-2-10(12)3-5-13;1-2/h9-10,14H,2-8,12H2,1H3;1-2H3. The first-order chi connectivity index (χ1) is 7.64. The lowest BCUT2D eigenvalue weighted by Gasteiger charge is -2.53. The van der Waals surface area contributed by atoms with Gasteiger partial charge < -0.3 is 10.8 Å². The Morgan fingerprint density at radius 2 is 1.75 bits per heavy atom. The van der Waals surface area contributed by atoms with Gasteiger partial charge in [0, 0.05) is 31.3 Å². The Bertz CT molecular complexity index is 194. The summed E-state index contributed by atoms with van der Waals surface area (Å²) in [6.07, 6.45) is 4.61. The molecule has 0 radical (unpaired) electrons. The van der Waals surface area contributed by atoms with Crippen LogP contribution in [0.4, 0.5) is 0 Å². The summed E-state index contributed by atoms with van der Waals surface area (Å²) in [5.74, 6) is 0.551. The van der Waals surface area contributed by atoms with Gasteiger partial charge >= 0.3 is 0 Å². The number of hydrogen-bond donors (Lipinski definition) is 2. The maximum Gasteiger partial charge on any atom is 0.0460 e. The van der Waals surface area contributed by atoms with Crippen molar-refractivity contribution in [3.8, 4) is 0 Å². The first kappa shape index (κ1) is 13.9. The molecule has 1 saturated carbocycles. The van der Waals surface area contributed by atoms with Gasteiger partial charge in [0.2, 0.25) is 0 Å². The van der Waals surface area contributed by atoms with Crippen molar-refractivity contribution in [1.29, 1.82) is 0 Å². The molecule has 16 heavy (non-hydrogen) atoms. The van der Waals surface area contributed by atoms with Crippen LogP contribution in [0.1, 0.15) is 46.5 Å². The summed E-state index contributed by atoms with van der Waals surface area (Å²) >= 11 is 0. The van der Waals surface area contributed by atoms with Gasteiger partial charge in [0.15, 0.2) is 0 Å². The summed E-state index contributed by atoms with van der Waals surface area (Å²) < 4.78 is 0. The Morgan fingerprint density at radius 3 is 2.19 bits per heavy atom. The minimum absolute atomic E-state index is 0.364.